The second kappa shape index (κ2) is 3.34. The molecule has 0 N–H and O–H groups in total. The van der Waals surface area contributed by atoms with Crippen LogP contribution in [0.25, 0.3) is 0 Å². The monoisotopic (exact) mass is 218 g/mol. The minimum atomic E-state index is 0.535. The topological polar surface area (TPSA) is 17.1 Å². The fraction of sp³-hybridized carbons (Fsp3) is 0.933. The highest BCUT2D eigenvalue weighted by atomic mass is 16.1. The van der Waals surface area contributed by atoms with Gasteiger partial charge in [-0.2, -0.15) is 0 Å². The van der Waals surface area contributed by atoms with Gasteiger partial charge in [-0.1, -0.05) is 12.8 Å². The molecular formula is C15H22O. The van der Waals surface area contributed by atoms with Gasteiger partial charge in [0, 0.05) is 12.3 Å². The summed E-state index contributed by atoms with van der Waals surface area (Å²) in [5.74, 6) is 5.61. The molecule has 4 fully saturated rings. The SMILES string of the molecule is O=C(CC1CC2CCC1C2)C1C2CCCC21. The molecular weight excluding hydrogens is 196 g/mol. The van der Waals surface area contributed by atoms with E-state index in [0.717, 1.165) is 36.0 Å². The van der Waals surface area contributed by atoms with Crippen molar-refractivity contribution in [1.29, 1.82) is 0 Å². The third-order valence-electron chi connectivity index (χ3n) is 6.13. The zero-order valence-electron chi connectivity index (χ0n) is 10.0. The summed E-state index contributed by atoms with van der Waals surface area (Å²) in [6.07, 6.45) is 10.8. The van der Waals surface area contributed by atoms with E-state index >= 15 is 0 Å². The van der Waals surface area contributed by atoms with Crippen LogP contribution in [0.2, 0.25) is 0 Å². The Bertz CT molecular complexity index is 311. The quantitative estimate of drug-likeness (QED) is 0.709. The van der Waals surface area contributed by atoms with E-state index in [1.165, 1.54) is 44.9 Å². The van der Waals surface area contributed by atoms with Crippen molar-refractivity contribution in [3.63, 3.8) is 0 Å². The lowest BCUT2D eigenvalue weighted by Crippen LogP contribution is -2.17. The normalized spacial score (nSPS) is 53.0. The molecule has 4 aliphatic rings. The molecule has 0 saturated heterocycles. The van der Waals surface area contributed by atoms with Crippen LogP contribution in [0, 0.1) is 35.5 Å². The van der Waals surface area contributed by atoms with Crippen molar-refractivity contribution in [3.05, 3.63) is 0 Å². The predicted molar refractivity (Wildman–Crippen MR) is 62.9 cm³/mol. The summed E-state index contributed by atoms with van der Waals surface area (Å²) in [4.78, 5) is 12.3. The number of rotatable bonds is 3. The molecule has 0 aromatic heterocycles. The lowest BCUT2D eigenvalue weighted by atomic mass is 9.84. The largest absolute Gasteiger partial charge is 0.299 e. The maximum absolute atomic E-state index is 12.3. The zero-order chi connectivity index (χ0) is 10.7. The number of hydrogen-bond acceptors (Lipinski definition) is 1. The smallest absolute Gasteiger partial charge is 0.136 e. The second-order valence-corrected chi connectivity index (χ2v) is 6.89. The Morgan fingerprint density at radius 3 is 2.44 bits per heavy atom. The van der Waals surface area contributed by atoms with Crippen molar-refractivity contribution in [1.82, 2.24) is 0 Å². The van der Waals surface area contributed by atoms with E-state index < -0.39 is 0 Å². The van der Waals surface area contributed by atoms with Crippen LogP contribution in [0.4, 0.5) is 0 Å². The Kier molecular flexibility index (Phi) is 2.02. The van der Waals surface area contributed by atoms with Crippen molar-refractivity contribution in [2.75, 3.05) is 0 Å². The lowest BCUT2D eigenvalue weighted by Gasteiger charge is -2.21. The summed E-state index contributed by atoms with van der Waals surface area (Å²) >= 11 is 0. The Labute approximate surface area is 98.0 Å². The van der Waals surface area contributed by atoms with Crippen LogP contribution in [-0.4, -0.2) is 5.78 Å². The Morgan fingerprint density at radius 1 is 1.00 bits per heavy atom. The summed E-state index contributed by atoms with van der Waals surface area (Å²) in [5, 5.41) is 0. The summed E-state index contributed by atoms with van der Waals surface area (Å²) in [7, 11) is 0. The minimum absolute atomic E-state index is 0.535. The maximum atomic E-state index is 12.3. The molecule has 0 aromatic rings. The Balaban J connectivity index is 1.36. The van der Waals surface area contributed by atoms with Crippen LogP contribution in [-0.2, 0) is 4.79 Å². The molecule has 4 aliphatic carbocycles. The summed E-state index contributed by atoms with van der Waals surface area (Å²) < 4.78 is 0. The number of hydrogen-bond donors (Lipinski definition) is 0. The van der Waals surface area contributed by atoms with Crippen LogP contribution in [0.5, 0.6) is 0 Å². The molecule has 5 unspecified atom stereocenters. The van der Waals surface area contributed by atoms with Gasteiger partial charge in [0.1, 0.15) is 5.78 Å². The van der Waals surface area contributed by atoms with Crippen molar-refractivity contribution in [2.45, 2.75) is 51.4 Å². The van der Waals surface area contributed by atoms with E-state index in [0.29, 0.717) is 11.7 Å². The molecule has 1 nitrogen and oxygen atoms in total. The first-order chi connectivity index (χ1) is 7.83. The molecule has 0 amide bonds. The van der Waals surface area contributed by atoms with Gasteiger partial charge in [0.05, 0.1) is 0 Å². The van der Waals surface area contributed by atoms with Gasteiger partial charge in [-0.25, -0.2) is 0 Å². The molecule has 88 valence electrons. The van der Waals surface area contributed by atoms with Crippen molar-refractivity contribution < 1.29 is 4.79 Å². The van der Waals surface area contributed by atoms with Crippen LogP contribution < -0.4 is 0 Å². The second-order valence-electron chi connectivity index (χ2n) is 6.89. The van der Waals surface area contributed by atoms with Crippen molar-refractivity contribution >= 4 is 5.78 Å². The molecule has 5 atom stereocenters. The van der Waals surface area contributed by atoms with Crippen LogP contribution in [0.15, 0.2) is 0 Å². The average molecular weight is 218 g/mol. The average Bonchev–Trinajstić information content (AvgIpc) is 2.73. The summed E-state index contributed by atoms with van der Waals surface area (Å²) in [5.41, 5.74) is 0. The van der Waals surface area contributed by atoms with Gasteiger partial charge in [0.15, 0.2) is 0 Å². The molecule has 0 aromatic carbocycles. The molecule has 4 rings (SSSR count). The molecule has 0 aliphatic heterocycles. The van der Waals surface area contributed by atoms with Gasteiger partial charge >= 0.3 is 0 Å². The van der Waals surface area contributed by atoms with E-state index in [-0.39, 0.29) is 0 Å². The van der Waals surface area contributed by atoms with Gasteiger partial charge in [-0.3, -0.25) is 4.79 Å². The first-order valence-electron chi connectivity index (χ1n) is 7.35. The molecule has 0 radical (unpaired) electrons. The highest BCUT2D eigenvalue weighted by molar-refractivity contribution is 5.84. The number of carbonyl (C=O) groups is 1. The predicted octanol–water partition coefficient (Wildman–Crippen LogP) is 3.43. The molecule has 0 heterocycles. The van der Waals surface area contributed by atoms with Gasteiger partial charge < -0.3 is 0 Å². The summed E-state index contributed by atoms with van der Waals surface area (Å²) in [6.45, 7) is 0. The minimum Gasteiger partial charge on any atom is -0.299 e. The van der Waals surface area contributed by atoms with E-state index in [2.05, 4.69) is 0 Å². The highest BCUT2D eigenvalue weighted by Gasteiger charge is 2.56. The van der Waals surface area contributed by atoms with Crippen LogP contribution in [0.1, 0.15) is 51.4 Å². The van der Waals surface area contributed by atoms with Crippen LogP contribution >= 0.6 is 0 Å². The third-order valence-corrected chi connectivity index (χ3v) is 6.13. The molecule has 16 heavy (non-hydrogen) atoms. The maximum Gasteiger partial charge on any atom is 0.136 e. The van der Waals surface area contributed by atoms with Gasteiger partial charge in [-0.15, -0.1) is 0 Å². The fourth-order valence-electron chi connectivity index (χ4n) is 5.32. The van der Waals surface area contributed by atoms with E-state index in [9.17, 15) is 4.79 Å². The van der Waals surface area contributed by atoms with Gasteiger partial charge in [0.25, 0.3) is 0 Å². The zero-order valence-corrected chi connectivity index (χ0v) is 10.0. The van der Waals surface area contributed by atoms with Crippen molar-refractivity contribution in [2.24, 2.45) is 35.5 Å². The number of Topliss-reactive ketones (excluding diaryl/α,β-unsaturated/α-hetero) is 1. The first-order valence-corrected chi connectivity index (χ1v) is 7.35. The molecule has 2 bridgehead atoms. The molecule has 1 heteroatoms. The fourth-order valence-corrected chi connectivity index (χ4v) is 5.32. The third kappa shape index (κ3) is 1.33. The number of fused-ring (bicyclic) bond motifs is 3. The summed E-state index contributed by atoms with van der Waals surface area (Å²) in [6, 6.07) is 0. The van der Waals surface area contributed by atoms with E-state index in [1.54, 1.807) is 0 Å². The first kappa shape index (κ1) is 9.67. The number of ketones is 1. The Hall–Kier alpha value is -0.330. The van der Waals surface area contributed by atoms with E-state index in [1.807, 2.05) is 0 Å². The highest BCUT2D eigenvalue weighted by Crippen LogP contribution is 2.59. The lowest BCUT2D eigenvalue weighted by molar-refractivity contribution is -0.122. The standard InChI is InChI=1S/C15H22O/c16-14(15-12-2-1-3-13(12)15)8-11-7-9-4-5-10(11)6-9/h9-13,15H,1-8H2. The van der Waals surface area contributed by atoms with Gasteiger partial charge in [-0.05, 0) is 61.7 Å². The van der Waals surface area contributed by atoms with Crippen LogP contribution in [0.3, 0.4) is 0 Å². The molecule has 4 saturated carbocycles. The van der Waals surface area contributed by atoms with Gasteiger partial charge in [0.2, 0.25) is 0 Å². The van der Waals surface area contributed by atoms with Crippen molar-refractivity contribution in [3.8, 4) is 0 Å². The number of carbonyl (C=O) groups excluding carboxylic acids is 1. The van der Waals surface area contributed by atoms with E-state index in [4.69, 9.17) is 0 Å². The molecule has 0 spiro atoms. The Morgan fingerprint density at radius 2 is 1.81 bits per heavy atom.